The van der Waals surface area contributed by atoms with E-state index in [1.165, 1.54) is 16.5 Å². The Morgan fingerprint density at radius 1 is 1.25 bits per heavy atom. The van der Waals surface area contributed by atoms with Crippen molar-refractivity contribution < 1.29 is 0 Å². The van der Waals surface area contributed by atoms with E-state index in [4.69, 9.17) is 0 Å². The van der Waals surface area contributed by atoms with Crippen LogP contribution in [0.4, 0.5) is 5.82 Å². The molecule has 0 bridgehead atoms. The summed E-state index contributed by atoms with van der Waals surface area (Å²) in [7, 11) is 0. The minimum atomic E-state index is -0.116. The molecule has 3 heterocycles. The second-order valence-corrected chi connectivity index (χ2v) is 6.27. The molecule has 124 valence electrons. The van der Waals surface area contributed by atoms with Gasteiger partial charge in [-0.1, -0.05) is 18.2 Å². The van der Waals surface area contributed by atoms with Crippen LogP contribution >= 0.6 is 0 Å². The van der Waals surface area contributed by atoms with Crippen LogP contribution in [0.2, 0.25) is 0 Å². The Labute approximate surface area is 139 Å². The number of piperidine rings is 1. The molecule has 6 nitrogen and oxygen atoms in total. The standard InChI is InChI=1S/C18H21N5O/c24-18-17(20-8-9-21-18)23-10-2-5-15(12-23)22-11-14-4-1-3-13-6-7-19-16(13)14/h1,3-4,6-9,15,19,22H,2,5,10-12H2,(H,21,24)/t15-/m0/s1. The Bertz CT molecular complexity index is 884. The summed E-state index contributed by atoms with van der Waals surface area (Å²) >= 11 is 0. The fraction of sp³-hybridized carbons (Fsp3) is 0.333. The van der Waals surface area contributed by atoms with Crippen LogP contribution in [0.1, 0.15) is 18.4 Å². The van der Waals surface area contributed by atoms with Gasteiger partial charge in [0.1, 0.15) is 0 Å². The van der Waals surface area contributed by atoms with E-state index in [-0.39, 0.29) is 5.56 Å². The maximum Gasteiger partial charge on any atom is 0.290 e. The Hall–Kier alpha value is -2.60. The van der Waals surface area contributed by atoms with Crippen molar-refractivity contribution in [3.8, 4) is 0 Å². The van der Waals surface area contributed by atoms with Crippen molar-refractivity contribution in [3.05, 3.63) is 58.8 Å². The summed E-state index contributed by atoms with van der Waals surface area (Å²) in [6.07, 6.45) is 7.36. The fourth-order valence-corrected chi connectivity index (χ4v) is 3.46. The van der Waals surface area contributed by atoms with Crippen molar-refractivity contribution in [3.63, 3.8) is 0 Å². The van der Waals surface area contributed by atoms with Gasteiger partial charge in [0, 0.05) is 49.8 Å². The Kier molecular flexibility index (Phi) is 4.04. The van der Waals surface area contributed by atoms with Gasteiger partial charge < -0.3 is 20.2 Å². The summed E-state index contributed by atoms with van der Waals surface area (Å²) in [5, 5.41) is 4.87. The van der Waals surface area contributed by atoms with E-state index in [2.05, 4.69) is 49.4 Å². The highest BCUT2D eigenvalue weighted by atomic mass is 16.1. The summed E-state index contributed by atoms with van der Waals surface area (Å²) < 4.78 is 0. The molecule has 6 heteroatoms. The van der Waals surface area contributed by atoms with Gasteiger partial charge in [-0.05, 0) is 29.9 Å². The Morgan fingerprint density at radius 2 is 2.21 bits per heavy atom. The highest BCUT2D eigenvalue weighted by Gasteiger charge is 2.22. The number of H-pyrrole nitrogens is 2. The van der Waals surface area contributed by atoms with Gasteiger partial charge in [0.15, 0.2) is 5.82 Å². The number of para-hydroxylation sites is 1. The largest absolute Gasteiger partial charge is 0.361 e. The zero-order chi connectivity index (χ0) is 16.4. The monoisotopic (exact) mass is 323 g/mol. The minimum absolute atomic E-state index is 0.116. The Balaban J connectivity index is 1.45. The number of hydrogen-bond donors (Lipinski definition) is 3. The van der Waals surface area contributed by atoms with Gasteiger partial charge in [0.25, 0.3) is 5.56 Å². The maximum atomic E-state index is 11.9. The molecule has 3 N–H and O–H groups in total. The molecule has 0 radical (unpaired) electrons. The van der Waals surface area contributed by atoms with Crippen molar-refractivity contribution in [2.45, 2.75) is 25.4 Å². The maximum absolute atomic E-state index is 11.9. The van der Waals surface area contributed by atoms with Crippen LogP contribution in [0.5, 0.6) is 0 Å². The van der Waals surface area contributed by atoms with Gasteiger partial charge in [0.2, 0.25) is 0 Å². The molecular formula is C18H21N5O. The van der Waals surface area contributed by atoms with Gasteiger partial charge in [-0.2, -0.15) is 0 Å². The molecule has 1 fully saturated rings. The molecule has 1 aliphatic heterocycles. The van der Waals surface area contributed by atoms with Crippen LogP contribution < -0.4 is 15.8 Å². The first kappa shape index (κ1) is 15.0. The first-order chi connectivity index (χ1) is 11.8. The molecule has 0 spiro atoms. The van der Waals surface area contributed by atoms with Crippen molar-refractivity contribution >= 4 is 16.7 Å². The van der Waals surface area contributed by atoms with E-state index < -0.39 is 0 Å². The van der Waals surface area contributed by atoms with E-state index in [1.54, 1.807) is 12.4 Å². The highest BCUT2D eigenvalue weighted by Crippen LogP contribution is 2.18. The molecule has 0 aliphatic carbocycles. The predicted molar refractivity (Wildman–Crippen MR) is 95.2 cm³/mol. The molecule has 24 heavy (non-hydrogen) atoms. The van der Waals surface area contributed by atoms with E-state index in [9.17, 15) is 4.79 Å². The SMILES string of the molecule is O=c1[nH]ccnc1N1CCC[C@H](NCc2cccc3cc[nH]c23)C1. The molecule has 1 atom stereocenters. The lowest BCUT2D eigenvalue weighted by atomic mass is 10.0. The molecule has 0 unspecified atom stereocenters. The number of rotatable bonds is 4. The predicted octanol–water partition coefficient (Wildman–Crippen LogP) is 2.01. The van der Waals surface area contributed by atoms with Crippen LogP contribution in [-0.4, -0.2) is 34.1 Å². The van der Waals surface area contributed by atoms with Crippen molar-refractivity contribution in [1.82, 2.24) is 20.3 Å². The van der Waals surface area contributed by atoms with E-state index in [1.807, 2.05) is 6.20 Å². The second kappa shape index (κ2) is 6.49. The fourth-order valence-electron chi connectivity index (χ4n) is 3.46. The van der Waals surface area contributed by atoms with Crippen LogP contribution in [-0.2, 0) is 6.54 Å². The third kappa shape index (κ3) is 2.92. The normalized spacial score (nSPS) is 18.2. The number of fused-ring (bicyclic) bond motifs is 1. The average molecular weight is 323 g/mol. The summed E-state index contributed by atoms with van der Waals surface area (Å²) in [5.74, 6) is 0.524. The molecule has 3 aromatic rings. The lowest BCUT2D eigenvalue weighted by Crippen LogP contribution is -2.47. The summed E-state index contributed by atoms with van der Waals surface area (Å²) in [6.45, 7) is 2.50. The van der Waals surface area contributed by atoms with E-state index >= 15 is 0 Å². The number of benzene rings is 1. The molecule has 1 aromatic carbocycles. The molecular weight excluding hydrogens is 302 g/mol. The van der Waals surface area contributed by atoms with Gasteiger partial charge in [-0.3, -0.25) is 4.79 Å². The summed E-state index contributed by atoms with van der Waals surface area (Å²) in [6, 6.07) is 8.80. The topological polar surface area (TPSA) is 76.8 Å². The second-order valence-electron chi connectivity index (χ2n) is 6.27. The first-order valence-electron chi connectivity index (χ1n) is 8.38. The van der Waals surface area contributed by atoms with Crippen LogP contribution in [0, 0.1) is 0 Å². The number of nitrogens with one attached hydrogen (secondary N) is 3. The number of aromatic nitrogens is 3. The van der Waals surface area contributed by atoms with Gasteiger partial charge in [-0.25, -0.2) is 4.98 Å². The van der Waals surface area contributed by atoms with E-state index in [0.29, 0.717) is 11.9 Å². The van der Waals surface area contributed by atoms with Gasteiger partial charge in [-0.15, -0.1) is 0 Å². The highest BCUT2D eigenvalue weighted by molar-refractivity contribution is 5.82. The molecule has 0 saturated carbocycles. The van der Waals surface area contributed by atoms with Gasteiger partial charge >= 0.3 is 0 Å². The smallest absolute Gasteiger partial charge is 0.290 e. The van der Waals surface area contributed by atoms with Crippen LogP contribution in [0.3, 0.4) is 0 Å². The molecule has 1 aliphatic rings. The van der Waals surface area contributed by atoms with Gasteiger partial charge in [0.05, 0.1) is 0 Å². The Morgan fingerprint density at radius 3 is 3.12 bits per heavy atom. The minimum Gasteiger partial charge on any atom is -0.361 e. The average Bonchev–Trinajstić information content (AvgIpc) is 3.10. The zero-order valence-corrected chi connectivity index (χ0v) is 13.5. The van der Waals surface area contributed by atoms with E-state index in [0.717, 1.165) is 32.5 Å². The molecule has 2 aromatic heterocycles. The number of aromatic amines is 2. The quantitative estimate of drug-likeness (QED) is 0.686. The molecule has 1 saturated heterocycles. The van der Waals surface area contributed by atoms with Crippen molar-refractivity contribution in [2.75, 3.05) is 18.0 Å². The molecule has 4 rings (SSSR count). The lowest BCUT2D eigenvalue weighted by molar-refractivity contribution is 0.420. The number of anilines is 1. The van der Waals surface area contributed by atoms with Crippen molar-refractivity contribution in [2.24, 2.45) is 0 Å². The lowest BCUT2D eigenvalue weighted by Gasteiger charge is -2.33. The number of hydrogen-bond acceptors (Lipinski definition) is 4. The third-order valence-electron chi connectivity index (χ3n) is 4.66. The number of nitrogens with zero attached hydrogens (tertiary/aromatic N) is 2. The third-order valence-corrected chi connectivity index (χ3v) is 4.66. The first-order valence-corrected chi connectivity index (χ1v) is 8.38. The summed E-state index contributed by atoms with van der Waals surface area (Å²) in [4.78, 5) is 24.3. The van der Waals surface area contributed by atoms with Crippen LogP contribution in [0.15, 0.2) is 47.7 Å². The van der Waals surface area contributed by atoms with Crippen molar-refractivity contribution in [1.29, 1.82) is 0 Å². The molecule has 0 amide bonds. The zero-order valence-electron chi connectivity index (χ0n) is 13.5. The summed E-state index contributed by atoms with van der Waals surface area (Å²) in [5.41, 5.74) is 2.35. The van der Waals surface area contributed by atoms with Crippen LogP contribution in [0.25, 0.3) is 10.9 Å².